The molecule has 0 bridgehead atoms. The van der Waals surface area contributed by atoms with Crippen LogP contribution < -0.4 is 0 Å². The van der Waals surface area contributed by atoms with Crippen molar-refractivity contribution in [2.24, 2.45) is 5.41 Å². The molecule has 0 atom stereocenters. The first kappa shape index (κ1) is 21.3. The molecule has 0 saturated heterocycles. The van der Waals surface area contributed by atoms with Crippen LogP contribution in [0.5, 0.6) is 11.5 Å². The van der Waals surface area contributed by atoms with Crippen LogP contribution >= 0.6 is 0 Å². The van der Waals surface area contributed by atoms with Gasteiger partial charge in [-0.2, -0.15) is 0 Å². The van der Waals surface area contributed by atoms with Crippen molar-refractivity contribution in [2.75, 3.05) is 0 Å². The molecule has 2 N–H and O–H groups in total. The second-order valence-electron chi connectivity index (χ2n) is 9.40. The van der Waals surface area contributed by atoms with E-state index in [9.17, 15) is 10.2 Å². The smallest absolute Gasteiger partial charge is 0.122 e. The van der Waals surface area contributed by atoms with Crippen LogP contribution in [0.4, 0.5) is 0 Å². The number of hydrogen-bond acceptors (Lipinski definition) is 2. The minimum absolute atomic E-state index is 0.00201. The van der Waals surface area contributed by atoms with Crippen molar-refractivity contribution in [3.63, 3.8) is 0 Å². The summed E-state index contributed by atoms with van der Waals surface area (Å²) < 4.78 is 0. The Hall–Kier alpha value is -1.96. The average molecular weight is 369 g/mol. The molecule has 2 aromatic rings. The van der Waals surface area contributed by atoms with Crippen LogP contribution in [0.15, 0.2) is 24.3 Å². The summed E-state index contributed by atoms with van der Waals surface area (Å²) in [6.07, 6.45) is 4.32. The topological polar surface area (TPSA) is 40.5 Å². The van der Waals surface area contributed by atoms with Crippen LogP contribution in [-0.2, 0) is 0 Å². The summed E-state index contributed by atoms with van der Waals surface area (Å²) in [5.74, 6) is 0.724. The molecule has 0 radical (unpaired) electrons. The van der Waals surface area contributed by atoms with E-state index in [1.807, 2.05) is 26.0 Å². The summed E-state index contributed by atoms with van der Waals surface area (Å²) in [4.78, 5) is 0. The lowest BCUT2D eigenvalue weighted by molar-refractivity contribution is 0.355. The fourth-order valence-electron chi connectivity index (χ4n) is 4.00. The van der Waals surface area contributed by atoms with Gasteiger partial charge in [-0.3, -0.25) is 0 Å². The number of aryl methyl sites for hydroxylation is 4. The molecule has 0 spiro atoms. The molecule has 0 aromatic heterocycles. The predicted molar refractivity (Wildman–Crippen MR) is 115 cm³/mol. The third-order valence-corrected chi connectivity index (χ3v) is 5.37. The quantitative estimate of drug-likeness (QED) is 0.535. The van der Waals surface area contributed by atoms with E-state index in [1.54, 1.807) is 0 Å². The van der Waals surface area contributed by atoms with E-state index < -0.39 is 0 Å². The van der Waals surface area contributed by atoms with Crippen LogP contribution in [0.25, 0.3) is 0 Å². The van der Waals surface area contributed by atoms with E-state index >= 15 is 0 Å². The van der Waals surface area contributed by atoms with Gasteiger partial charge < -0.3 is 10.2 Å². The fourth-order valence-corrected chi connectivity index (χ4v) is 4.00. The van der Waals surface area contributed by atoms with Crippen molar-refractivity contribution in [2.45, 2.75) is 80.1 Å². The number of phenolic OH excluding ortho intramolecular Hbond substituents is 2. The van der Waals surface area contributed by atoms with E-state index in [-0.39, 0.29) is 5.92 Å². The SMILES string of the molecule is Cc1cc(C)c(O)c(C(CCCCC(C)(C)C)c2cc(C)cc(C)c2O)c1. The molecule has 2 aromatic carbocycles. The Morgan fingerprint density at radius 3 is 1.59 bits per heavy atom. The Bertz CT molecular complexity index is 739. The van der Waals surface area contributed by atoms with Crippen LogP contribution in [0.1, 0.15) is 85.8 Å². The van der Waals surface area contributed by atoms with Gasteiger partial charge >= 0.3 is 0 Å². The van der Waals surface area contributed by atoms with Crippen LogP contribution in [0.2, 0.25) is 0 Å². The molecule has 0 unspecified atom stereocenters. The standard InChI is InChI=1S/C25H36O2/c1-16-12-18(3)23(26)21(14-16)20(10-8-9-11-25(5,6)7)22-15-17(2)13-19(4)24(22)27/h12-15,20,26-27H,8-11H2,1-7H3. The molecule has 2 nitrogen and oxygen atoms in total. The third-order valence-electron chi connectivity index (χ3n) is 5.37. The molecule has 2 rings (SSSR count). The first-order valence-electron chi connectivity index (χ1n) is 10.1. The van der Waals surface area contributed by atoms with E-state index in [1.165, 1.54) is 6.42 Å². The van der Waals surface area contributed by atoms with Gasteiger partial charge in [0.25, 0.3) is 0 Å². The maximum Gasteiger partial charge on any atom is 0.122 e. The van der Waals surface area contributed by atoms with Crippen molar-refractivity contribution in [1.82, 2.24) is 0 Å². The van der Waals surface area contributed by atoms with Gasteiger partial charge in [0.15, 0.2) is 0 Å². The number of aromatic hydroxyl groups is 2. The first-order chi connectivity index (χ1) is 12.5. The van der Waals surface area contributed by atoms with Gasteiger partial charge in [0.05, 0.1) is 0 Å². The lowest BCUT2D eigenvalue weighted by atomic mass is 9.82. The van der Waals surface area contributed by atoms with E-state index in [0.29, 0.717) is 16.9 Å². The van der Waals surface area contributed by atoms with E-state index in [0.717, 1.165) is 52.6 Å². The van der Waals surface area contributed by atoms with Crippen molar-refractivity contribution in [3.05, 3.63) is 57.6 Å². The Morgan fingerprint density at radius 2 is 1.19 bits per heavy atom. The number of phenols is 2. The predicted octanol–water partition coefficient (Wildman–Crippen LogP) is 7.07. The Labute approximate surface area is 165 Å². The molecular formula is C25H36O2. The number of unbranched alkanes of at least 4 members (excludes halogenated alkanes) is 1. The summed E-state index contributed by atoms with van der Waals surface area (Å²) >= 11 is 0. The molecule has 0 saturated carbocycles. The van der Waals surface area contributed by atoms with Gasteiger partial charge in [-0.1, -0.05) is 69.0 Å². The minimum Gasteiger partial charge on any atom is -0.507 e. The maximum absolute atomic E-state index is 10.8. The summed E-state index contributed by atoms with van der Waals surface area (Å²) in [6.45, 7) is 14.8. The highest BCUT2D eigenvalue weighted by molar-refractivity contribution is 5.53. The lowest BCUT2D eigenvalue weighted by Gasteiger charge is -2.24. The zero-order chi connectivity index (χ0) is 20.4. The van der Waals surface area contributed by atoms with Crippen molar-refractivity contribution >= 4 is 0 Å². The molecule has 0 fully saturated rings. The van der Waals surface area contributed by atoms with Crippen molar-refractivity contribution in [3.8, 4) is 11.5 Å². The molecule has 0 aliphatic carbocycles. The van der Waals surface area contributed by atoms with Crippen LogP contribution in [0, 0.1) is 33.1 Å². The Morgan fingerprint density at radius 1 is 0.741 bits per heavy atom. The highest BCUT2D eigenvalue weighted by atomic mass is 16.3. The van der Waals surface area contributed by atoms with Gasteiger partial charge in [0.2, 0.25) is 0 Å². The van der Waals surface area contributed by atoms with Gasteiger partial charge in [-0.25, -0.2) is 0 Å². The highest BCUT2D eigenvalue weighted by Gasteiger charge is 2.23. The summed E-state index contributed by atoms with van der Waals surface area (Å²) in [7, 11) is 0. The molecule has 148 valence electrons. The molecular weight excluding hydrogens is 332 g/mol. The Kier molecular flexibility index (Phi) is 6.62. The fraction of sp³-hybridized carbons (Fsp3) is 0.520. The van der Waals surface area contributed by atoms with E-state index in [4.69, 9.17) is 0 Å². The maximum atomic E-state index is 10.8. The van der Waals surface area contributed by atoms with Gasteiger partial charge in [0.1, 0.15) is 11.5 Å². The Balaban J connectivity index is 2.44. The summed E-state index contributed by atoms with van der Waals surface area (Å²) in [5.41, 5.74) is 6.28. The van der Waals surface area contributed by atoms with Crippen LogP contribution in [-0.4, -0.2) is 10.2 Å². The number of rotatable bonds is 6. The molecule has 0 aliphatic heterocycles. The van der Waals surface area contributed by atoms with Crippen LogP contribution in [0.3, 0.4) is 0 Å². The molecule has 2 heteroatoms. The second-order valence-corrected chi connectivity index (χ2v) is 9.40. The molecule has 0 heterocycles. The monoisotopic (exact) mass is 368 g/mol. The average Bonchev–Trinajstić information content (AvgIpc) is 2.54. The second kappa shape index (κ2) is 8.37. The zero-order valence-electron chi connectivity index (χ0n) is 18.1. The normalized spacial score (nSPS) is 12.0. The minimum atomic E-state index is 0.00201. The molecule has 27 heavy (non-hydrogen) atoms. The first-order valence-corrected chi connectivity index (χ1v) is 10.1. The molecule has 0 aliphatic rings. The molecule has 0 amide bonds. The summed E-state index contributed by atoms with van der Waals surface area (Å²) in [6, 6.07) is 8.18. The van der Waals surface area contributed by atoms with Gasteiger partial charge in [-0.15, -0.1) is 0 Å². The third kappa shape index (κ3) is 5.51. The van der Waals surface area contributed by atoms with Gasteiger partial charge in [-0.05, 0) is 57.1 Å². The largest absolute Gasteiger partial charge is 0.507 e. The summed E-state index contributed by atoms with van der Waals surface area (Å²) in [5, 5.41) is 21.6. The number of benzene rings is 2. The van der Waals surface area contributed by atoms with Crippen molar-refractivity contribution < 1.29 is 10.2 Å². The van der Waals surface area contributed by atoms with Gasteiger partial charge in [0, 0.05) is 17.0 Å². The lowest BCUT2D eigenvalue weighted by Crippen LogP contribution is -2.07. The highest BCUT2D eigenvalue weighted by Crippen LogP contribution is 2.42. The van der Waals surface area contributed by atoms with Crippen molar-refractivity contribution in [1.29, 1.82) is 0 Å². The number of hydrogen-bond donors (Lipinski definition) is 2. The zero-order valence-corrected chi connectivity index (χ0v) is 18.1. The van der Waals surface area contributed by atoms with E-state index in [2.05, 4.69) is 46.8 Å².